The Labute approximate surface area is 588 Å². The molecule has 0 saturated carbocycles. The van der Waals surface area contributed by atoms with Gasteiger partial charge in [0.1, 0.15) is 19.3 Å². The lowest BCUT2D eigenvalue weighted by Gasteiger charge is -2.21. The second-order valence-corrected chi connectivity index (χ2v) is 31.6. The molecule has 0 amide bonds. The van der Waals surface area contributed by atoms with Crippen molar-refractivity contribution >= 4 is 39.5 Å². The molecule has 5 atom stereocenters. The number of ether oxygens (including phenoxy) is 4. The molecule has 17 nitrogen and oxygen atoms in total. The molecule has 0 spiro atoms. The van der Waals surface area contributed by atoms with Crippen LogP contribution in [0.4, 0.5) is 0 Å². The summed E-state index contributed by atoms with van der Waals surface area (Å²) in [5.74, 6) is -0.558. The van der Waals surface area contributed by atoms with Gasteiger partial charge in [0.15, 0.2) is 12.2 Å². The van der Waals surface area contributed by atoms with Crippen LogP contribution in [0.1, 0.15) is 401 Å². The van der Waals surface area contributed by atoms with Crippen LogP contribution < -0.4 is 0 Å². The van der Waals surface area contributed by atoms with E-state index in [1.165, 1.54) is 218 Å². The van der Waals surface area contributed by atoms with Crippen LogP contribution in [0.15, 0.2) is 0 Å². The molecule has 570 valence electrons. The van der Waals surface area contributed by atoms with E-state index in [0.717, 1.165) is 102 Å². The van der Waals surface area contributed by atoms with Crippen LogP contribution >= 0.6 is 15.6 Å². The van der Waals surface area contributed by atoms with Crippen molar-refractivity contribution < 1.29 is 80.2 Å². The fourth-order valence-electron chi connectivity index (χ4n) is 11.8. The van der Waals surface area contributed by atoms with Crippen molar-refractivity contribution in [3.05, 3.63) is 0 Å². The summed E-state index contributed by atoms with van der Waals surface area (Å²) in [4.78, 5) is 72.8. The zero-order valence-corrected chi connectivity index (χ0v) is 64.5. The SMILES string of the molecule is CCCCCCCCCCCCCCCCC(=O)OC[C@H](COP(=O)(O)OC[C@@H](O)COP(=O)(O)OC[C@@H](COC(=O)CCCCCCCCCCC)OC(=O)CCCCCCCCCCCC(C)C)OC(=O)CCCCCCCCCCCCCCCCCCCCC(C)C. The van der Waals surface area contributed by atoms with E-state index in [1.54, 1.807) is 0 Å². The maximum Gasteiger partial charge on any atom is 0.472 e. The summed E-state index contributed by atoms with van der Waals surface area (Å²) < 4.78 is 68.5. The first-order chi connectivity index (χ1) is 46.4. The number of aliphatic hydroxyl groups is 1. The Kier molecular flexibility index (Phi) is 67.4. The highest BCUT2D eigenvalue weighted by Crippen LogP contribution is 2.45. The third-order valence-corrected chi connectivity index (χ3v) is 19.9. The lowest BCUT2D eigenvalue weighted by molar-refractivity contribution is -0.161. The van der Waals surface area contributed by atoms with E-state index in [2.05, 4.69) is 41.5 Å². The number of hydrogen-bond donors (Lipinski definition) is 3. The molecular formula is C77H150O17P2. The minimum atomic E-state index is -4.96. The lowest BCUT2D eigenvalue weighted by Crippen LogP contribution is -2.30. The molecule has 96 heavy (non-hydrogen) atoms. The van der Waals surface area contributed by atoms with Crippen LogP contribution in [0.3, 0.4) is 0 Å². The zero-order chi connectivity index (χ0) is 70.7. The zero-order valence-electron chi connectivity index (χ0n) is 62.7. The third-order valence-electron chi connectivity index (χ3n) is 18.0. The molecule has 0 aliphatic heterocycles. The van der Waals surface area contributed by atoms with Gasteiger partial charge in [0.05, 0.1) is 26.4 Å². The van der Waals surface area contributed by atoms with Crippen LogP contribution in [-0.2, 0) is 65.4 Å². The molecule has 0 aromatic heterocycles. The molecule has 3 N–H and O–H groups in total. The molecule has 2 unspecified atom stereocenters. The number of rotatable bonds is 76. The van der Waals surface area contributed by atoms with Gasteiger partial charge in [0.25, 0.3) is 0 Å². The highest BCUT2D eigenvalue weighted by Gasteiger charge is 2.30. The number of aliphatic hydroxyl groups excluding tert-OH is 1. The molecule has 0 aliphatic rings. The second kappa shape index (κ2) is 68.8. The van der Waals surface area contributed by atoms with E-state index in [4.69, 9.17) is 37.0 Å². The predicted octanol–water partition coefficient (Wildman–Crippen LogP) is 22.7. The second-order valence-electron chi connectivity index (χ2n) is 28.7. The summed E-state index contributed by atoms with van der Waals surface area (Å²) in [7, 11) is -9.91. The number of esters is 4. The summed E-state index contributed by atoms with van der Waals surface area (Å²) in [5.41, 5.74) is 0. The monoisotopic (exact) mass is 1410 g/mol. The van der Waals surface area contributed by atoms with Gasteiger partial charge < -0.3 is 33.8 Å². The Morgan fingerprint density at radius 2 is 0.479 bits per heavy atom. The molecule has 19 heteroatoms. The number of phosphoric ester groups is 2. The van der Waals surface area contributed by atoms with Gasteiger partial charge in [-0.15, -0.1) is 0 Å². The first-order valence-electron chi connectivity index (χ1n) is 40.0. The van der Waals surface area contributed by atoms with Crippen molar-refractivity contribution in [3.63, 3.8) is 0 Å². The van der Waals surface area contributed by atoms with Gasteiger partial charge in [-0.25, -0.2) is 9.13 Å². The summed E-state index contributed by atoms with van der Waals surface area (Å²) in [6, 6.07) is 0. The highest BCUT2D eigenvalue weighted by molar-refractivity contribution is 7.47. The Balaban J connectivity index is 5.19. The maximum atomic E-state index is 13.1. The summed E-state index contributed by atoms with van der Waals surface area (Å²) in [5, 5.41) is 10.6. The van der Waals surface area contributed by atoms with E-state index in [9.17, 15) is 43.2 Å². The van der Waals surface area contributed by atoms with E-state index in [-0.39, 0.29) is 25.7 Å². The molecule has 0 saturated heterocycles. The normalized spacial score (nSPS) is 14.0. The number of phosphoric acid groups is 2. The predicted molar refractivity (Wildman–Crippen MR) is 391 cm³/mol. The minimum Gasteiger partial charge on any atom is -0.462 e. The fraction of sp³-hybridized carbons (Fsp3) is 0.948. The highest BCUT2D eigenvalue weighted by atomic mass is 31.2. The smallest absolute Gasteiger partial charge is 0.462 e. The largest absolute Gasteiger partial charge is 0.472 e. The van der Waals surface area contributed by atoms with Crippen LogP contribution in [-0.4, -0.2) is 96.7 Å². The number of carbonyl (C=O) groups excluding carboxylic acids is 4. The first-order valence-corrected chi connectivity index (χ1v) is 43.0. The third kappa shape index (κ3) is 70.5. The topological polar surface area (TPSA) is 237 Å². The van der Waals surface area contributed by atoms with Crippen molar-refractivity contribution in [2.45, 2.75) is 419 Å². The van der Waals surface area contributed by atoms with Crippen LogP contribution in [0.25, 0.3) is 0 Å². The van der Waals surface area contributed by atoms with E-state index < -0.39 is 97.5 Å². The number of carbonyl (C=O) groups is 4. The van der Waals surface area contributed by atoms with Gasteiger partial charge in [-0.3, -0.25) is 37.3 Å². The average molecular weight is 1410 g/mol. The van der Waals surface area contributed by atoms with Crippen molar-refractivity contribution in [1.29, 1.82) is 0 Å². The lowest BCUT2D eigenvalue weighted by atomic mass is 10.0. The molecule has 0 aromatic carbocycles. The Bertz CT molecular complexity index is 1860. The molecule has 0 bridgehead atoms. The van der Waals surface area contributed by atoms with Crippen molar-refractivity contribution in [3.8, 4) is 0 Å². The molecule has 0 radical (unpaired) electrons. The Hall–Kier alpha value is -1.94. The van der Waals surface area contributed by atoms with Crippen LogP contribution in [0.2, 0.25) is 0 Å². The Morgan fingerprint density at radius 1 is 0.281 bits per heavy atom. The van der Waals surface area contributed by atoms with Gasteiger partial charge >= 0.3 is 39.5 Å². The molecule has 0 aromatic rings. The average Bonchev–Trinajstić information content (AvgIpc) is 1.47. The molecule has 0 fully saturated rings. The molecule has 0 rings (SSSR count). The van der Waals surface area contributed by atoms with Gasteiger partial charge in [-0.1, -0.05) is 350 Å². The van der Waals surface area contributed by atoms with Gasteiger partial charge in [0, 0.05) is 25.7 Å². The van der Waals surface area contributed by atoms with Gasteiger partial charge in [-0.2, -0.15) is 0 Å². The van der Waals surface area contributed by atoms with Gasteiger partial charge in [0.2, 0.25) is 0 Å². The van der Waals surface area contributed by atoms with Crippen molar-refractivity contribution in [2.75, 3.05) is 39.6 Å². The van der Waals surface area contributed by atoms with E-state index >= 15 is 0 Å². The number of unbranched alkanes of at least 4 members (excludes halogenated alkanes) is 46. The quantitative estimate of drug-likeness (QED) is 0.0222. The standard InChI is InChI=1S/C77H150O17P2/c1-7-9-11-13-15-17-18-19-27-30-36-42-48-54-60-75(80)88-66-73(93-76(81)61-55-49-43-37-31-28-25-23-21-20-22-24-26-29-34-39-45-51-57-69(3)4)68-92-96(85,86)90-64-71(78)63-89-95(83,84)91-67-72(65-87-74(79)59-53-47-41-33-16-14-12-10-8-2)94-77(82)62-56-50-44-38-32-35-40-46-52-58-70(5)6/h69-73,78H,7-68H2,1-6H3,(H,83,84)(H,85,86)/t71-,72+,73+/m0/s1. The van der Waals surface area contributed by atoms with E-state index in [1.807, 2.05) is 0 Å². The maximum absolute atomic E-state index is 13.1. The van der Waals surface area contributed by atoms with Gasteiger partial charge in [-0.05, 0) is 37.5 Å². The Morgan fingerprint density at radius 3 is 0.708 bits per heavy atom. The first kappa shape index (κ1) is 94.1. The van der Waals surface area contributed by atoms with Crippen molar-refractivity contribution in [1.82, 2.24) is 0 Å². The summed E-state index contributed by atoms with van der Waals surface area (Å²) in [6.07, 6.45) is 56.9. The summed E-state index contributed by atoms with van der Waals surface area (Å²) in [6.45, 7) is 9.60. The van der Waals surface area contributed by atoms with Crippen LogP contribution in [0, 0.1) is 11.8 Å². The fourth-order valence-corrected chi connectivity index (χ4v) is 13.4. The number of hydrogen-bond acceptors (Lipinski definition) is 15. The molecular weight excluding hydrogens is 1260 g/mol. The van der Waals surface area contributed by atoms with Crippen LogP contribution in [0.5, 0.6) is 0 Å². The minimum absolute atomic E-state index is 0.105. The molecule has 0 aliphatic carbocycles. The van der Waals surface area contributed by atoms with E-state index in [0.29, 0.717) is 25.7 Å². The molecule has 0 heterocycles. The summed E-state index contributed by atoms with van der Waals surface area (Å²) >= 11 is 0. The van der Waals surface area contributed by atoms with Crippen molar-refractivity contribution in [2.24, 2.45) is 11.8 Å².